The molecule has 0 spiro atoms. The van der Waals surface area contributed by atoms with Crippen molar-refractivity contribution in [1.82, 2.24) is 10.2 Å². The van der Waals surface area contributed by atoms with Gasteiger partial charge >= 0.3 is 0 Å². The lowest BCUT2D eigenvalue weighted by molar-refractivity contribution is -0.127. The Morgan fingerprint density at radius 1 is 0.875 bits per heavy atom. The molecule has 32 heavy (non-hydrogen) atoms. The van der Waals surface area contributed by atoms with Crippen molar-refractivity contribution < 1.29 is 14.3 Å². The molecule has 5 heteroatoms. The number of morpholine rings is 1. The zero-order valence-electron chi connectivity index (χ0n) is 18.3. The molecule has 3 aromatic rings. The fraction of sp³-hybridized carbons (Fsp3) is 0.296. The summed E-state index contributed by atoms with van der Waals surface area (Å²) >= 11 is 0. The Kier molecular flexibility index (Phi) is 8.04. The molecular weight excluding hydrogens is 400 g/mol. The fourth-order valence-corrected chi connectivity index (χ4v) is 3.91. The van der Waals surface area contributed by atoms with Gasteiger partial charge in [0.05, 0.1) is 13.2 Å². The molecule has 0 atom stereocenters. The molecule has 3 aromatic carbocycles. The minimum Gasteiger partial charge on any atom is -0.379 e. The molecule has 0 bridgehead atoms. The van der Waals surface area contributed by atoms with Gasteiger partial charge in [-0.05, 0) is 22.3 Å². The van der Waals surface area contributed by atoms with E-state index in [2.05, 4.69) is 28.4 Å². The topological polar surface area (TPSA) is 50.8 Å². The molecule has 0 saturated carbocycles. The smallest absolute Gasteiger partial charge is 0.246 e. The van der Waals surface area contributed by atoms with Gasteiger partial charge in [0.25, 0.3) is 0 Å². The van der Waals surface area contributed by atoms with Gasteiger partial charge in [-0.2, -0.15) is 0 Å². The first kappa shape index (κ1) is 22.2. The highest BCUT2D eigenvalue weighted by atomic mass is 16.5. The minimum atomic E-state index is -0.278. The molecule has 5 nitrogen and oxygen atoms in total. The van der Waals surface area contributed by atoms with Gasteiger partial charge in [-0.1, -0.05) is 84.9 Å². The second kappa shape index (κ2) is 11.6. The third-order valence-electron chi connectivity index (χ3n) is 5.58. The zero-order chi connectivity index (χ0) is 22.0. The Hall–Kier alpha value is -2.99. The van der Waals surface area contributed by atoms with Crippen LogP contribution in [0.15, 0.2) is 84.9 Å². The molecule has 1 saturated heterocycles. The molecule has 1 amide bonds. The molecule has 166 valence electrons. The number of amides is 1. The number of hydrogen-bond acceptors (Lipinski definition) is 4. The first-order valence-electron chi connectivity index (χ1n) is 11.1. The lowest BCUT2D eigenvalue weighted by atomic mass is 10.0. The molecule has 1 aliphatic heterocycles. The van der Waals surface area contributed by atoms with E-state index in [1.54, 1.807) is 0 Å². The number of ether oxygens (including phenoxy) is 2. The van der Waals surface area contributed by atoms with Crippen molar-refractivity contribution in [1.29, 1.82) is 0 Å². The standard InChI is InChI=1S/C27H30N2O3/c30-26(21-32-27(24-10-3-1-4-11-24)25-12-5-2-6-13-25)28-19-22-8-7-9-23(18-22)20-29-14-16-31-17-15-29/h1-13,18,27H,14-17,19-21H2,(H,28,30). The van der Waals surface area contributed by atoms with E-state index in [1.807, 2.05) is 66.7 Å². The van der Waals surface area contributed by atoms with E-state index in [1.165, 1.54) is 5.56 Å². The molecule has 1 aliphatic rings. The van der Waals surface area contributed by atoms with E-state index in [9.17, 15) is 4.79 Å². The molecular formula is C27H30N2O3. The number of benzene rings is 3. The molecule has 0 aromatic heterocycles. The fourth-order valence-electron chi connectivity index (χ4n) is 3.91. The molecule has 4 rings (SSSR count). The van der Waals surface area contributed by atoms with Gasteiger partial charge in [0, 0.05) is 26.2 Å². The van der Waals surface area contributed by atoms with Gasteiger partial charge in [-0.25, -0.2) is 0 Å². The highest BCUT2D eigenvalue weighted by molar-refractivity contribution is 5.77. The maximum absolute atomic E-state index is 12.5. The van der Waals surface area contributed by atoms with Crippen LogP contribution in [0.1, 0.15) is 28.4 Å². The highest BCUT2D eigenvalue weighted by Crippen LogP contribution is 2.25. The van der Waals surface area contributed by atoms with Crippen LogP contribution in [0.3, 0.4) is 0 Å². The van der Waals surface area contributed by atoms with E-state index in [4.69, 9.17) is 9.47 Å². The van der Waals surface area contributed by atoms with E-state index < -0.39 is 0 Å². The SMILES string of the molecule is O=C(COC(c1ccccc1)c1ccccc1)NCc1cccc(CN2CCOCC2)c1. The average molecular weight is 431 g/mol. The summed E-state index contributed by atoms with van der Waals surface area (Å²) in [5, 5.41) is 2.99. The number of nitrogens with zero attached hydrogens (tertiary/aromatic N) is 1. The Morgan fingerprint density at radius 2 is 1.50 bits per heavy atom. The second-order valence-corrected chi connectivity index (χ2v) is 8.00. The van der Waals surface area contributed by atoms with Gasteiger partial charge in [0.2, 0.25) is 5.91 Å². The summed E-state index contributed by atoms with van der Waals surface area (Å²) in [5.41, 5.74) is 4.40. The second-order valence-electron chi connectivity index (χ2n) is 8.00. The number of carbonyl (C=O) groups is 1. The van der Waals surface area contributed by atoms with Crippen molar-refractivity contribution in [2.45, 2.75) is 19.2 Å². The lowest BCUT2D eigenvalue weighted by Crippen LogP contribution is -2.35. The van der Waals surface area contributed by atoms with E-state index in [-0.39, 0.29) is 18.6 Å². The number of rotatable bonds is 9. The predicted octanol–water partition coefficient (Wildman–Crippen LogP) is 3.94. The molecule has 1 heterocycles. The van der Waals surface area contributed by atoms with Gasteiger partial charge in [0.15, 0.2) is 0 Å². The van der Waals surface area contributed by atoms with Crippen LogP contribution in [-0.2, 0) is 27.4 Å². The summed E-state index contributed by atoms with van der Waals surface area (Å²) in [4.78, 5) is 14.9. The van der Waals surface area contributed by atoms with Crippen LogP contribution >= 0.6 is 0 Å². The Morgan fingerprint density at radius 3 is 2.16 bits per heavy atom. The molecule has 1 N–H and O–H groups in total. The third kappa shape index (κ3) is 6.50. The van der Waals surface area contributed by atoms with Gasteiger partial charge in [-0.3, -0.25) is 9.69 Å². The molecule has 0 aliphatic carbocycles. The molecule has 0 unspecified atom stereocenters. The monoisotopic (exact) mass is 430 g/mol. The summed E-state index contributed by atoms with van der Waals surface area (Å²) in [7, 11) is 0. The van der Waals surface area contributed by atoms with Crippen molar-refractivity contribution >= 4 is 5.91 Å². The summed E-state index contributed by atoms with van der Waals surface area (Å²) in [6.45, 7) is 4.91. The average Bonchev–Trinajstić information content (AvgIpc) is 2.85. The van der Waals surface area contributed by atoms with Gasteiger partial charge in [-0.15, -0.1) is 0 Å². The number of carbonyl (C=O) groups excluding carboxylic acids is 1. The first-order chi connectivity index (χ1) is 15.8. The van der Waals surface area contributed by atoms with Crippen LogP contribution in [0.4, 0.5) is 0 Å². The molecule has 1 fully saturated rings. The summed E-state index contributed by atoms with van der Waals surface area (Å²) in [5.74, 6) is -0.125. The van der Waals surface area contributed by atoms with Crippen LogP contribution in [0.25, 0.3) is 0 Å². The summed E-state index contributed by atoms with van der Waals surface area (Å²) in [6, 6.07) is 28.4. The van der Waals surface area contributed by atoms with Crippen LogP contribution in [-0.4, -0.2) is 43.7 Å². The normalized spacial score (nSPS) is 14.4. The van der Waals surface area contributed by atoms with Gasteiger partial charge < -0.3 is 14.8 Å². The third-order valence-corrected chi connectivity index (χ3v) is 5.58. The largest absolute Gasteiger partial charge is 0.379 e. The minimum absolute atomic E-state index is 0.00191. The first-order valence-corrected chi connectivity index (χ1v) is 11.1. The predicted molar refractivity (Wildman–Crippen MR) is 125 cm³/mol. The highest BCUT2D eigenvalue weighted by Gasteiger charge is 2.16. The quantitative estimate of drug-likeness (QED) is 0.559. The van der Waals surface area contributed by atoms with E-state index in [0.29, 0.717) is 6.54 Å². The van der Waals surface area contributed by atoms with Crippen LogP contribution in [0.2, 0.25) is 0 Å². The zero-order valence-corrected chi connectivity index (χ0v) is 18.3. The Bertz CT molecular complexity index is 933. The Balaban J connectivity index is 1.31. The van der Waals surface area contributed by atoms with Crippen molar-refractivity contribution in [2.75, 3.05) is 32.9 Å². The Labute approximate surface area is 190 Å². The van der Waals surface area contributed by atoms with E-state index >= 15 is 0 Å². The van der Waals surface area contributed by atoms with Crippen LogP contribution < -0.4 is 5.32 Å². The lowest BCUT2D eigenvalue weighted by Gasteiger charge is -2.26. The number of hydrogen-bond donors (Lipinski definition) is 1. The van der Waals surface area contributed by atoms with Crippen molar-refractivity contribution in [2.24, 2.45) is 0 Å². The van der Waals surface area contributed by atoms with Crippen molar-refractivity contribution in [3.05, 3.63) is 107 Å². The van der Waals surface area contributed by atoms with Crippen LogP contribution in [0, 0.1) is 0 Å². The molecule has 0 radical (unpaired) electrons. The maximum Gasteiger partial charge on any atom is 0.246 e. The number of nitrogens with one attached hydrogen (secondary N) is 1. The maximum atomic E-state index is 12.5. The summed E-state index contributed by atoms with van der Waals surface area (Å²) in [6.07, 6.45) is -0.278. The van der Waals surface area contributed by atoms with Crippen molar-refractivity contribution in [3.8, 4) is 0 Å². The van der Waals surface area contributed by atoms with Crippen molar-refractivity contribution in [3.63, 3.8) is 0 Å². The van der Waals surface area contributed by atoms with Gasteiger partial charge in [0.1, 0.15) is 12.7 Å². The summed E-state index contributed by atoms with van der Waals surface area (Å²) < 4.78 is 11.5. The van der Waals surface area contributed by atoms with Crippen LogP contribution in [0.5, 0.6) is 0 Å². The van der Waals surface area contributed by atoms with E-state index in [0.717, 1.165) is 49.5 Å².